The average molecular weight is 422 g/mol. The normalized spacial score (nSPS) is 21.3. The molecule has 1 atom stereocenters. The number of thioether (sulfide) groups is 1. The number of halogens is 1. The molecular weight excluding hydrogens is 398 g/mol. The molecule has 0 spiro atoms. The first-order valence-electron chi connectivity index (χ1n) is 9.34. The Bertz CT molecular complexity index is 1030. The Hall–Kier alpha value is -2.55. The largest absolute Gasteiger partial charge is 0.310 e. The van der Waals surface area contributed by atoms with Crippen LogP contribution in [-0.4, -0.2) is 11.2 Å². The summed E-state index contributed by atoms with van der Waals surface area (Å²) in [7, 11) is -2.04. The minimum Gasteiger partial charge on any atom is -0.310 e. The van der Waals surface area contributed by atoms with Gasteiger partial charge in [-0.25, -0.2) is 9.48 Å². The highest BCUT2D eigenvalue weighted by atomic mass is 32.2. The first kappa shape index (κ1) is 19.8. The second-order valence-corrected chi connectivity index (χ2v) is 11.8. The summed E-state index contributed by atoms with van der Waals surface area (Å²) in [5.41, 5.74) is 2.92. The molecule has 0 bridgehead atoms. The summed E-state index contributed by atoms with van der Waals surface area (Å²) in [6.45, 7) is 12.3. The summed E-state index contributed by atoms with van der Waals surface area (Å²) in [5, 5.41) is 5.68. The van der Waals surface area contributed by atoms with Gasteiger partial charge in [-0.2, -0.15) is 0 Å². The predicted octanol–water partition coefficient (Wildman–Crippen LogP) is 6.27. The molecular formula is C24H23FN2PS+. The number of benzene rings is 2. The van der Waals surface area contributed by atoms with Crippen molar-refractivity contribution in [3.05, 3.63) is 125 Å². The fourth-order valence-electron chi connectivity index (χ4n) is 3.54. The fraction of sp³-hybridized carbons (Fsp3) is 0.0833. The van der Waals surface area contributed by atoms with Crippen molar-refractivity contribution in [3.8, 4) is 0 Å². The molecule has 0 aliphatic carbocycles. The van der Waals surface area contributed by atoms with Crippen LogP contribution in [0.25, 0.3) is 0 Å². The van der Waals surface area contributed by atoms with Crippen molar-refractivity contribution in [3.63, 3.8) is 0 Å². The monoisotopic (exact) mass is 421 g/mol. The third kappa shape index (κ3) is 3.96. The molecule has 1 N–H and O–H groups in total. The van der Waals surface area contributed by atoms with E-state index < -0.39 is 7.41 Å². The SMILES string of the molecule is C=C1N[P+](CN2C=CC=C(F)C2=C)(c2ccc(Cc3ccccc3)cc2)C(=C)S1. The minimum absolute atomic E-state index is 0.305. The zero-order chi connectivity index (χ0) is 20.4. The number of allylic oxidation sites excluding steroid dienone is 3. The summed E-state index contributed by atoms with van der Waals surface area (Å²) in [6, 6.07) is 19.1. The Balaban J connectivity index is 1.63. The molecule has 0 radical (unpaired) electrons. The molecule has 0 aromatic heterocycles. The maximum absolute atomic E-state index is 14.1. The maximum Gasteiger partial charge on any atom is 0.194 e. The zero-order valence-corrected chi connectivity index (χ0v) is 17.9. The number of rotatable bonds is 5. The summed E-state index contributed by atoms with van der Waals surface area (Å²) in [5.74, 6) is -0.305. The van der Waals surface area contributed by atoms with Gasteiger partial charge in [0.25, 0.3) is 0 Å². The number of nitrogens with one attached hydrogen (secondary N) is 1. The second-order valence-electron chi connectivity index (χ2n) is 7.08. The Morgan fingerprint density at radius 1 is 0.966 bits per heavy atom. The van der Waals surface area contributed by atoms with Gasteiger partial charge in [-0.3, -0.25) is 0 Å². The van der Waals surface area contributed by atoms with Crippen LogP contribution in [0, 0.1) is 0 Å². The molecule has 5 heteroatoms. The van der Waals surface area contributed by atoms with Gasteiger partial charge in [0.15, 0.2) is 18.3 Å². The molecule has 2 heterocycles. The van der Waals surface area contributed by atoms with Gasteiger partial charge in [0.2, 0.25) is 0 Å². The number of hydrogen-bond donors (Lipinski definition) is 1. The molecule has 4 rings (SSSR count). The van der Waals surface area contributed by atoms with Crippen LogP contribution in [0.4, 0.5) is 4.39 Å². The summed E-state index contributed by atoms with van der Waals surface area (Å²) in [4.78, 5) is 1.87. The Morgan fingerprint density at radius 2 is 1.66 bits per heavy atom. The molecule has 2 aliphatic heterocycles. The van der Waals surface area contributed by atoms with E-state index in [9.17, 15) is 4.39 Å². The van der Waals surface area contributed by atoms with E-state index in [2.05, 4.69) is 73.4 Å². The molecule has 2 aromatic rings. The zero-order valence-electron chi connectivity index (χ0n) is 16.1. The van der Waals surface area contributed by atoms with Crippen molar-refractivity contribution in [1.29, 1.82) is 0 Å². The van der Waals surface area contributed by atoms with Crippen LogP contribution in [0.1, 0.15) is 11.1 Å². The third-order valence-corrected chi connectivity index (χ3v) is 10.5. The van der Waals surface area contributed by atoms with E-state index in [1.807, 2.05) is 17.2 Å². The van der Waals surface area contributed by atoms with E-state index in [1.54, 1.807) is 17.8 Å². The molecule has 2 aromatic carbocycles. The minimum atomic E-state index is -2.04. The number of nitrogens with zero attached hydrogens (tertiary/aromatic N) is 1. The van der Waals surface area contributed by atoms with Gasteiger partial charge in [-0.15, -0.1) is 0 Å². The van der Waals surface area contributed by atoms with Crippen LogP contribution >= 0.6 is 19.2 Å². The maximum atomic E-state index is 14.1. The lowest BCUT2D eigenvalue weighted by atomic mass is 10.1. The van der Waals surface area contributed by atoms with Gasteiger partial charge in [0.05, 0.1) is 5.70 Å². The molecule has 29 heavy (non-hydrogen) atoms. The lowest BCUT2D eigenvalue weighted by Crippen LogP contribution is -2.31. The van der Waals surface area contributed by atoms with Crippen molar-refractivity contribution >= 4 is 24.5 Å². The van der Waals surface area contributed by atoms with Crippen molar-refractivity contribution in [2.45, 2.75) is 6.42 Å². The Morgan fingerprint density at radius 3 is 2.31 bits per heavy atom. The predicted molar refractivity (Wildman–Crippen MR) is 125 cm³/mol. The topological polar surface area (TPSA) is 15.3 Å². The smallest absolute Gasteiger partial charge is 0.194 e. The van der Waals surface area contributed by atoms with Gasteiger partial charge >= 0.3 is 0 Å². The molecule has 1 fully saturated rings. The van der Waals surface area contributed by atoms with Crippen molar-refractivity contribution in [2.24, 2.45) is 0 Å². The van der Waals surface area contributed by atoms with Gasteiger partial charge in [0.1, 0.15) is 16.2 Å². The van der Waals surface area contributed by atoms with Crippen LogP contribution in [-0.2, 0) is 6.42 Å². The highest BCUT2D eigenvalue weighted by Gasteiger charge is 2.52. The van der Waals surface area contributed by atoms with Crippen molar-refractivity contribution < 1.29 is 4.39 Å². The molecule has 146 valence electrons. The lowest BCUT2D eigenvalue weighted by molar-refractivity contribution is 0.492. The standard InChI is InChI=1S/C24H23FN2PS/c1-18-24(25)10-7-15-27(18)17-28(20(3)29-19(2)26-28)23-13-11-22(12-14-23)16-21-8-5-4-6-9-21/h4-15,26H,1-3,16-17H2/q+1. The van der Waals surface area contributed by atoms with Crippen LogP contribution in [0.5, 0.6) is 0 Å². The first-order chi connectivity index (χ1) is 14.0. The van der Waals surface area contributed by atoms with Gasteiger partial charge < -0.3 is 4.90 Å². The van der Waals surface area contributed by atoms with Crippen LogP contribution in [0.3, 0.4) is 0 Å². The highest BCUT2D eigenvalue weighted by Crippen LogP contribution is 2.71. The summed E-state index contributed by atoms with van der Waals surface area (Å²) < 4.78 is 15.1. The van der Waals surface area contributed by atoms with E-state index in [0.717, 1.165) is 16.1 Å². The van der Waals surface area contributed by atoms with E-state index in [4.69, 9.17) is 0 Å². The van der Waals surface area contributed by atoms with Crippen LogP contribution in [0.15, 0.2) is 114 Å². The Kier molecular flexibility index (Phi) is 5.49. The van der Waals surface area contributed by atoms with Crippen molar-refractivity contribution in [1.82, 2.24) is 9.99 Å². The van der Waals surface area contributed by atoms with Crippen LogP contribution < -0.4 is 10.4 Å². The average Bonchev–Trinajstić information content (AvgIpc) is 3.01. The quantitative estimate of drug-likeness (QED) is 0.573. The van der Waals surface area contributed by atoms with E-state index in [1.165, 1.54) is 22.5 Å². The summed E-state index contributed by atoms with van der Waals surface area (Å²) in [6.07, 6.45) is 6.51. The number of hydrogen-bond acceptors (Lipinski definition) is 3. The molecule has 0 amide bonds. The molecule has 0 saturated carbocycles. The molecule has 2 aliphatic rings. The van der Waals surface area contributed by atoms with Crippen molar-refractivity contribution in [2.75, 3.05) is 6.29 Å². The van der Waals surface area contributed by atoms with Gasteiger partial charge in [-0.05, 0) is 60.2 Å². The molecule has 2 nitrogen and oxygen atoms in total. The van der Waals surface area contributed by atoms with E-state index in [-0.39, 0.29) is 5.83 Å². The molecule has 1 unspecified atom stereocenters. The fourth-order valence-corrected chi connectivity index (χ4v) is 8.79. The van der Waals surface area contributed by atoms with Crippen LogP contribution in [0.2, 0.25) is 0 Å². The lowest BCUT2D eigenvalue weighted by Gasteiger charge is -2.30. The second kappa shape index (κ2) is 8.06. The van der Waals surface area contributed by atoms with Gasteiger partial charge in [-0.1, -0.05) is 55.6 Å². The Labute approximate surface area is 176 Å². The first-order valence-corrected chi connectivity index (χ1v) is 12.1. The van der Waals surface area contributed by atoms with Gasteiger partial charge in [0, 0.05) is 6.20 Å². The van der Waals surface area contributed by atoms with E-state index >= 15 is 0 Å². The third-order valence-electron chi connectivity index (χ3n) is 5.11. The highest BCUT2D eigenvalue weighted by molar-refractivity contribution is 8.19. The molecule has 1 saturated heterocycles. The summed E-state index contributed by atoms with van der Waals surface area (Å²) >= 11 is 1.58. The van der Waals surface area contributed by atoms with E-state index in [0.29, 0.717) is 12.0 Å².